The second-order valence-electron chi connectivity index (χ2n) is 26.4. The van der Waals surface area contributed by atoms with Crippen LogP contribution in [0.4, 0.5) is 64.4 Å². The Kier molecular flexibility index (Phi) is 38.1. The number of nitro groups is 3. The maximum Gasteiger partial charge on any atom is 1.00 e. The molecule has 0 saturated carbocycles. The molecule has 16 rings (SSSR count). The van der Waals surface area contributed by atoms with Gasteiger partial charge in [0.1, 0.15) is 16.9 Å². The number of halogens is 3. The molecule has 0 radical (unpaired) electrons. The zero-order valence-electron chi connectivity index (χ0n) is 63.4. The Morgan fingerprint density at radius 1 is 0.443 bits per heavy atom. The molecule has 9 aromatic rings. The summed E-state index contributed by atoms with van der Waals surface area (Å²) in [5.74, 6) is -3.05. The molecule has 0 unspecified atom stereocenters. The molecule has 0 aliphatic heterocycles. The summed E-state index contributed by atoms with van der Waals surface area (Å²) in [6, 6.07) is 28.7. The SMILES string of the molecule is CC(=O)Nc1cc2c(cc1[N+](=O)[O-])CCC2.CC(=O)Nc1ccc2c(c1)CCC2.COC.Nc1cc2c(cc1N)CCC2.Nc1cc2c(cc1[N+](=O)[O-])CCC2.Nc1ccc2c(c1)CCC2.O=C(O)C(F)(F)F.O=[N+]([O-])[O-].O=c1[nH]c2cc3c(c([N+](=O)[O-])c2[nH]c1=O)CCC3.O=c1[nH]c2cc3c(cc2[nH]c1=O)CCC3.[C-]#[O+].[C-]#[O+].[K+]. The third-order valence-electron chi connectivity index (χ3n) is 18.4. The Labute approximate surface area is 695 Å². The number of methoxy groups -OCH3 is 1. The number of fused-ring (bicyclic) bond motifs is 9. The maximum absolute atomic E-state index is 11.3. The van der Waals surface area contributed by atoms with Crippen molar-refractivity contribution in [2.75, 3.05) is 47.8 Å². The van der Waals surface area contributed by atoms with Crippen molar-refractivity contribution in [3.05, 3.63) is 269 Å². The number of aromatic nitrogens is 4. The van der Waals surface area contributed by atoms with E-state index in [1.807, 2.05) is 36.4 Å². The number of aromatic amines is 4. The van der Waals surface area contributed by atoms with E-state index in [1.54, 1.807) is 44.6 Å². The number of anilines is 6. The van der Waals surface area contributed by atoms with Crippen LogP contribution in [-0.2, 0) is 118 Å². The van der Waals surface area contributed by atoms with Crippen LogP contribution >= 0.6 is 0 Å². The Morgan fingerprint density at radius 2 is 0.757 bits per heavy atom. The van der Waals surface area contributed by atoms with Gasteiger partial charge in [-0.1, -0.05) is 12.1 Å². The van der Waals surface area contributed by atoms with Crippen LogP contribution in [0.5, 0.6) is 0 Å². The van der Waals surface area contributed by atoms with Crippen LogP contribution in [0.1, 0.15) is 137 Å². The van der Waals surface area contributed by atoms with Crippen LogP contribution in [0.25, 0.3) is 22.1 Å². The Morgan fingerprint density at radius 3 is 1.16 bits per heavy atom. The number of ether oxygens (including phenoxy) is 1. The summed E-state index contributed by atoms with van der Waals surface area (Å²) in [4.78, 5) is 125. The average molecular weight is 1620 g/mol. The number of nitro benzene ring substituents is 3. The van der Waals surface area contributed by atoms with Gasteiger partial charge in [0.2, 0.25) is 11.8 Å². The number of hydrogen-bond acceptors (Lipinski definition) is 21. The van der Waals surface area contributed by atoms with Crippen molar-refractivity contribution in [3.63, 3.8) is 0 Å². The minimum absolute atomic E-state index is 0. The Bertz CT molecular complexity index is 5240. The molecule has 0 bridgehead atoms. The third kappa shape index (κ3) is 28.4. The second kappa shape index (κ2) is 45.9. The van der Waals surface area contributed by atoms with Gasteiger partial charge < -0.3 is 78.7 Å². The van der Waals surface area contributed by atoms with Crippen molar-refractivity contribution >= 4 is 91.0 Å². The maximum atomic E-state index is 11.3. The Balaban J connectivity index is 0.000000274. The number of carboxylic acid groups (broad SMARTS) is 1. The molecule has 2 amide bonds. The molecule has 604 valence electrons. The number of H-pyrrole nitrogens is 4. The summed E-state index contributed by atoms with van der Waals surface area (Å²) in [6.07, 6.45) is 17.2. The van der Waals surface area contributed by atoms with Crippen LogP contribution < -0.4 is 107 Å². The summed E-state index contributed by atoms with van der Waals surface area (Å²) >= 11 is 0. The summed E-state index contributed by atoms with van der Waals surface area (Å²) in [6.45, 7) is 11.9. The fourth-order valence-corrected chi connectivity index (χ4v) is 13.6. The van der Waals surface area contributed by atoms with Gasteiger partial charge in [0.25, 0.3) is 17.1 Å². The number of amides is 2. The number of carboxylic acids is 1. The fourth-order valence-electron chi connectivity index (χ4n) is 13.6. The number of nitrogens with zero attached hydrogens (tertiary/aromatic N) is 4. The second-order valence-corrected chi connectivity index (χ2v) is 26.4. The summed E-state index contributed by atoms with van der Waals surface area (Å²) in [5, 5.41) is 59.7. The minimum atomic E-state index is -5.08. The molecule has 34 nitrogen and oxygen atoms in total. The topological polar surface area (TPSA) is 576 Å². The van der Waals surface area contributed by atoms with Crippen molar-refractivity contribution in [2.24, 2.45) is 0 Å². The molecule has 2 heterocycles. The van der Waals surface area contributed by atoms with Crippen LogP contribution in [0.15, 0.2) is 110 Å². The first-order valence-electron chi connectivity index (χ1n) is 35.3. The third-order valence-corrected chi connectivity index (χ3v) is 18.4. The van der Waals surface area contributed by atoms with E-state index in [2.05, 4.69) is 72.9 Å². The van der Waals surface area contributed by atoms with E-state index < -0.39 is 54.2 Å². The Hall–Kier alpha value is -11.7. The molecular formula is C77H84F3KN14O20. The first-order valence-corrected chi connectivity index (χ1v) is 35.3. The summed E-state index contributed by atoms with van der Waals surface area (Å²) in [5.41, 5.74) is 42.4. The van der Waals surface area contributed by atoms with Gasteiger partial charge in [0.15, 0.2) is 0 Å². The summed E-state index contributed by atoms with van der Waals surface area (Å²) < 4.78 is 51.0. The van der Waals surface area contributed by atoms with Crippen LogP contribution in [-0.4, -0.2) is 83.1 Å². The minimum Gasteiger partial charge on any atom is 1.00 e. The molecule has 0 spiro atoms. The number of nitrogens with two attached hydrogens (primary N) is 4. The van der Waals surface area contributed by atoms with E-state index in [9.17, 15) is 72.3 Å². The molecule has 15 N–H and O–H groups in total. The monoisotopic (exact) mass is 1620 g/mol. The molecule has 0 atom stereocenters. The van der Waals surface area contributed by atoms with E-state index >= 15 is 0 Å². The molecule has 115 heavy (non-hydrogen) atoms. The van der Waals surface area contributed by atoms with E-state index in [-0.39, 0.29) is 91.5 Å². The van der Waals surface area contributed by atoms with Crippen molar-refractivity contribution in [2.45, 2.75) is 155 Å². The molecule has 7 aliphatic carbocycles. The van der Waals surface area contributed by atoms with Crippen molar-refractivity contribution in [1.82, 2.24) is 19.9 Å². The number of carbonyl (C=O) groups excluding carboxylic acids is 2. The van der Waals surface area contributed by atoms with Gasteiger partial charge in [-0.25, -0.2) is 4.79 Å². The van der Waals surface area contributed by atoms with Gasteiger partial charge in [-0.2, -0.15) is 13.2 Å². The quantitative estimate of drug-likeness (QED) is 0.0149. The predicted molar refractivity (Wildman–Crippen MR) is 418 cm³/mol. The zero-order chi connectivity index (χ0) is 84.8. The van der Waals surface area contributed by atoms with Crippen LogP contribution in [0.2, 0.25) is 0 Å². The number of nitrogens with one attached hydrogen (secondary N) is 6. The van der Waals surface area contributed by atoms with Gasteiger partial charge in [-0.05, 0) is 274 Å². The molecule has 7 aliphatic rings. The number of rotatable bonds is 5. The van der Waals surface area contributed by atoms with Gasteiger partial charge >= 0.3 is 108 Å². The first-order chi connectivity index (χ1) is 54.0. The van der Waals surface area contributed by atoms with Gasteiger partial charge in [0.05, 0.1) is 47.8 Å². The van der Waals surface area contributed by atoms with E-state index in [4.69, 9.17) is 57.5 Å². The van der Waals surface area contributed by atoms with Crippen LogP contribution in [0, 0.1) is 59.0 Å². The smallest absolute Gasteiger partial charge is 1.00 e. The van der Waals surface area contributed by atoms with Crippen molar-refractivity contribution in [1.29, 1.82) is 0 Å². The number of hydrogen-bond donors (Lipinski definition) is 11. The fraction of sp³-hybridized carbons (Fsp3) is 0.338. The number of benzene rings is 7. The van der Waals surface area contributed by atoms with Gasteiger partial charge in [-0.15, -0.1) is 0 Å². The number of aliphatic carboxylic acids is 1. The molecule has 0 saturated heterocycles. The standard InChI is InChI=1S/C11H9N3O4.C11H12N2O3.C11H10N2O2.C11H13NO.C9H10N2O2.C9H12N2.C9H11N.C2HF3O2.C2H6O.2CO.K.NO3/c15-10-11(16)13-8-7(12-10)4-5-2-1-3-6(5)9(8)14(17)18;1-7(14)12-10-5-8-3-2-4-9(8)6-11(10)13(15)16;14-10-11(15)13-9-5-7-3-1-2-6(7)4-8(9)12-10;1-8(13)12-11-6-5-9-3-2-4-10(9)7-11;10-8-4-6-2-1-3-7(6)5-9(8)11(12)13;10-8-4-6-2-1-3-7(6)5-9(8)11;10-9-5-4-7-2-1-3-8(7)6-9;3-2(4,5)1(6)7;1-3-2;2*1-2;;2-1(3)4/h4H,1-3H2,(H,12,15)(H,13,16);5-6H,2-4H2,1H3,(H,12,14);4-5H,1-3H2,(H,12,14)(H,13,15);5-7H,2-4H2,1H3,(H,12,13);4-5H,1-3,10H2;4-5H,1-3,10-11H2;4-6H,1-3,10H2;(H,6,7);1-2H3;;;;/q;;;;;;;;;;;+1;-1. The van der Waals surface area contributed by atoms with E-state index in [1.165, 1.54) is 115 Å². The largest absolute Gasteiger partial charge is 1.00 e. The summed E-state index contributed by atoms with van der Waals surface area (Å²) in [7, 11) is 3.25. The average Bonchev–Trinajstić information content (AvgIpc) is 1.73. The number of carbonyl (C=O) groups is 3. The first kappa shape index (κ1) is 95.7. The van der Waals surface area contributed by atoms with Gasteiger partial charge in [-0.3, -0.25) is 59.1 Å². The van der Waals surface area contributed by atoms with Crippen molar-refractivity contribution < 1.29 is 118 Å². The number of aryl methyl sites for hydroxylation is 13. The van der Waals surface area contributed by atoms with Crippen molar-refractivity contribution in [3.8, 4) is 0 Å². The molecule has 2 aromatic heterocycles. The van der Waals surface area contributed by atoms with Gasteiger partial charge in [0, 0.05) is 57.1 Å². The predicted octanol–water partition coefficient (Wildman–Crippen LogP) is 7.84. The number of nitrogen functional groups attached to an aromatic ring is 4. The number of alkyl halides is 3. The van der Waals surface area contributed by atoms with E-state index in [0.717, 1.165) is 133 Å². The molecule has 38 heteroatoms. The normalized spacial score (nSPS) is 12.9. The molecule has 0 fully saturated rings. The molecule has 7 aromatic carbocycles. The zero-order valence-corrected chi connectivity index (χ0v) is 66.6. The van der Waals surface area contributed by atoms with Crippen LogP contribution in [0.3, 0.4) is 0 Å². The molecular weight excluding hydrogens is 1540 g/mol. The van der Waals surface area contributed by atoms with E-state index in [0.29, 0.717) is 23.2 Å².